The summed E-state index contributed by atoms with van der Waals surface area (Å²) in [5, 5.41) is 47.4. The fourth-order valence-electron chi connectivity index (χ4n) is 9.07. The highest BCUT2D eigenvalue weighted by Gasteiger charge is 2.72. The van der Waals surface area contributed by atoms with E-state index in [1.807, 2.05) is 13.0 Å². The minimum atomic E-state index is -2.61. The number of phenols is 1. The predicted molar refractivity (Wildman–Crippen MR) is 178 cm³/mol. The fraction of sp³-hybridized carbons (Fsp3) is 0.513. The van der Waals surface area contributed by atoms with Crippen molar-refractivity contribution in [2.24, 2.45) is 22.7 Å². The monoisotopic (exact) mass is 628 g/mol. The van der Waals surface area contributed by atoms with Crippen LogP contribution in [0.3, 0.4) is 0 Å². The molecule has 5 rings (SSSR count). The number of hydrogen-bond acceptors (Lipinski definition) is 7. The summed E-state index contributed by atoms with van der Waals surface area (Å²) in [6.07, 6.45) is 3.45. The number of fused-ring (bicyclic) bond motifs is 3. The topological polar surface area (TPSA) is 132 Å². The molecule has 246 valence electrons. The van der Waals surface area contributed by atoms with Gasteiger partial charge >= 0.3 is 0 Å². The van der Waals surface area contributed by atoms with Crippen molar-refractivity contribution in [3.05, 3.63) is 80.6 Å². The Bertz CT molecular complexity index is 1710. The number of carbonyl (C=O) groups is 3. The molecule has 4 N–H and O–H groups in total. The summed E-state index contributed by atoms with van der Waals surface area (Å²) in [5.74, 6) is -4.96. The number of aliphatic hydroxyl groups is 3. The Hall–Kier alpha value is -3.71. The summed E-state index contributed by atoms with van der Waals surface area (Å²) >= 11 is 0. The molecule has 0 aliphatic heterocycles. The number of Topliss-reactive ketones (excluding diaryl/α,β-unsaturated/α-hetero) is 3. The van der Waals surface area contributed by atoms with Crippen molar-refractivity contribution in [3.8, 4) is 5.75 Å². The van der Waals surface area contributed by atoms with Gasteiger partial charge in [0.25, 0.3) is 0 Å². The quantitative estimate of drug-likeness (QED) is 0.230. The minimum Gasteiger partial charge on any atom is -0.508 e. The lowest BCUT2D eigenvalue weighted by Gasteiger charge is -2.60. The van der Waals surface area contributed by atoms with Crippen LogP contribution in [-0.4, -0.2) is 43.4 Å². The lowest BCUT2D eigenvalue weighted by Crippen LogP contribution is -2.69. The third-order valence-electron chi connectivity index (χ3n) is 11.1. The normalized spacial score (nSPS) is 27.7. The second-order valence-electron chi connectivity index (χ2n) is 15.0. The molecular weight excluding hydrogens is 580 g/mol. The highest BCUT2D eigenvalue weighted by Crippen LogP contribution is 2.65. The molecular formula is C39H48O7. The standard InChI is InChI=1S/C39H48O7/c1-9-23-12-10-13-24(16-23)14-11-15-25-17-26(20(2)3)27-18-37(7)19-38(8)30(21(4)5)33(42)28(22(6)40)35(44)39(38,46)36(45)31(37)34(43)29(27)32(25)41/h10,12-13,16-17,20-21,30,41,43-44,46H,9,11,14-15,18-19H2,1-8H3/t30?,37-,38-,39+/m1/s1. The number of aromatic hydroxyl groups is 1. The lowest BCUT2D eigenvalue weighted by molar-refractivity contribution is -0.178. The Kier molecular flexibility index (Phi) is 8.42. The Labute approximate surface area is 272 Å². The largest absolute Gasteiger partial charge is 0.508 e. The number of carbonyl (C=O) groups excluding carboxylic acids is 3. The van der Waals surface area contributed by atoms with E-state index in [4.69, 9.17) is 0 Å². The van der Waals surface area contributed by atoms with Crippen molar-refractivity contribution in [3.63, 3.8) is 0 Å². The predicted octanol–water partition coefficient (Wildman–Crippen LogP) is 7.05. The van der Waals surface area contributed by atoms with Gasteiger partial charge in [0, 0.05) is 22.3 Å². The second kappa shape index (κ2) is 11.5. The van der Waals surface area contributed by atoms with Crippen molar-refractivity contribution in [2.75, 3.05) is 0 Å². The maximum Gasteiger partial charge on any atom is 0.203 e. The number of allylic oxidation sites excluding steroid dienone is 1. The number of rotatable bonds is 8. The van der Waals surface area contributed by atoms with Gasteiger partial charge in [-0.3, -0.25) is 14.4 Å². The number of hydrogen-bond donors (Lipinski definition) is 4. The molecule has 2 aromatic rings. The van der Waals surface area contributed by atoms with Gasteiger partial charge in [0.05, 0.1) is 5.56 Å². The smallest absolute Gasteiger partial charge is 0.203 e. The summed E-state index contributed by atoms with van der Waals surface area (Å²) in [7, 11) is 0. The zero-order valence-electron chi connectivity index (χ0n) is 28.4. The highest BCUT2D eigenvalue weighted by molar-refractivity contribution is 6.24. The Morgan fingerprint density at radius 2 is 1.65 bits per heavy atom. The molecule has 4 atom stereocenters. The van der Waals surface area contributed by atoms with E-state index < -0.39 is 56.8 Å². The average Bonchev–Trinajstić information content (AvgIpc) is 2.95. The van der Waals surface area contributed by atoms with Crippen molar-refractivity contribution in [1.29, 1.82) is 0 Å². The first kappa shape index (κ1) is 33.6. The molecule has 1 saturated carbocycles. The van der Waals surface area contributed by atoms with Crippen LogP contribution in [-0.2, 0) is 40.1 Å². The molecule has 0 bridgehead atoms. The van der Waals surface area contributed by atoms with E-state index in [-0.39, 0.29) is 41.6 Å². The molecule has 7 heteroatoms. The number of aliphatic hydroxyl groups excluding tert-OH is 2. The molecule has 0 amide bonds. The summed E-state index contributed by atoms with van der Waals surface area (Å²) in [6.45, 7) is 14.4. The number of benzene rings is 2. The van der Waals surface area contributed by atoms with E-state index in [1.54, 1.807) is 20.8 Å². The molecule has 1 fully saturated rings. The first-order valence-electron chi connectivity index (χ1n) is 16.6. The minimum absolute atomic E-state index is 0.0453. The van der Waals surface area contributed by atoms with Crippen molar-refractivity contribution in [1.82, 2.24) is 0 Å². The summed E-state index contributed by atoms with van der Waals surface area (Å²) in [5.41, 5.74) is -0.731. The summed E-state index contributed by atoms with van der Waals surface area (Å²) in [6, 6.07) is 10.5. The molecule has 3 aliphatic carbocycles. The number of phenolic OH excluding ortho intramolecular Hbond substituents is 1. The van der Waals surface area contributed by atoms with Crippen molar-refractivity contribution >= 4 is 23.1 Å². The zero-order valence-corrected chi connectivity index (χ0v) is 28.4. The molecule has 0 aromatic heterocycles. The van der Waals surface area contributed by atoms with E-state index in [0.717, 1.165) is 37.3 Å². The molecule has 0 heterocycles. The average molecular weight is 629 g/mol. The van der Waals surface area contributed by atoms with E-state index in [2.05, 4.69) is 45.0 Å². The van der Waals surface area contributed by atoms with Gasteiger partial charge in [-0.05, 0) is 85.1 Å². The molecule has 1 unspecified atom stereocenters. The maximum absolute atomic E-state index is 14.6. The first-order valence-corrected chi connectivity index (χ1v) is 16.6. The Balaban J connectivity index is 1.67. The molecule has 2 aromatic carbocycles. The van der Waals surface area contributed by atoms with E-state index >= 15 is 0 Å². The molecule has 0 saturated heterocycles. The van der Waals surface area contributed by atoms with Gasteiger partial charge in [-0.2, -0.15) is 0 Å². The summed E-state index contributed by atoms with van der Waals surface area (Å²) < 4.78 is 0. The molecule has 0 radical (unpaired) electrons. The van der Waals surface area contributed by atoms with Crippen LogP contribution in [0.25, 0.3) is 5.76 Å². The van der Waals surface area contributed by atoms with Gasteiger partial charge < -0.3 is 20.4 Å². The third kappa shape index (κ3) is 4.76. The van der Waals surface area contributed by atoms with Crippen molar-refractivity contribution in [2.45, 2.75) is 105 Å². The highest BCUT2D eigenvalue weighted by atomic mass is 16.3. The van der Waals surface area contributed by atoms with Crippen LogP contribution in [0.2, 0.25) is 0 Å². The van der Waals surface area contributed by atoms with E-state index in [1.165, 1.54) is 11.1 Å². The van der Waals surface area contributed by atoms with E-state index in [9.17, 15) is 34.8 Å². The number of ketones is 3. The van der Waals surface area contributed by atoms with Gasteiger partial charge in [0.2, 0.25) is 5.78 Å². The van der Waals surface area contributed by atoms with Crippen LogP contribution in [0.15, 0.2) is 47.2 Å². The van der Waals surface area contributed by atoms with Crippen LogP contribution in [0.5, 0.6) is 5.75 Å². The van der Waals surface area contributed by atoms with Crippen LogP contribution in [0.4, 0.5) is 0 Å². The molecule has 7 nitrogen and oxygen atoms in total. The van der Waals surface area contributed by atoms with Crippen LogP contribution in [0.1, 0.15) is 108 Å². The first-order chi connectivity index (χ1) is 21.4. The van der Waals surface area contributed by atoms with Crippen LogP contribution >= 0.6 is 0 Å². The van der Waals surface area contributed by atoms with Gasteiger partial charge in [0.15, 0.2) is 17.2 Å². The summed E-state index contributed by atoms with van der Waals surface area (Å²) in [4.78, 5) is 41.0. The number of aryl methyl sites for hydroxylation is 3. The van der Waals surface area contributed by atoms with Gasteiger partial charge in [-0.25, -0.2) is 0 Å². The second-order valence-corrected chi connectivity index (χ2v) is 15.0. The molecule has 0 spiro atoms. The van der Waals surface area contributed by atoms with Gasteiger partial charge in [0.1, 0.15) is 22.8 Å². The third-order valence-corrected chi connectivity index (χ3v) is 11.1. The van der Waals surface area contributed by atoms with Gasteiger partial charge in [-0.15, -0.1) is 0 Å². The van der Waals surface area contributed by atoms with Crippen LogP contribution < -0.4 is 0 Å². The fourth-order valence-corrected chi connectivity index (χ4v) is 9.07. The zero-order chi connectivity index (χ0) is 34.1. The molecule has 3 aliphatic rings. The Morgan fingerprint density at radius 1 is 1.00 bits per heavy atom. The van der Waals surface area contributed by atoms with Crippen molar-refractivity contribution < 1.29 is 34.8 Å². The van der Waals surface area contributed by atoms with Gasteiger partial charge in [-0.1, -0.05) is 78.8 Å². The van der Waals surface area contributed by atoms with E-state index in [0.29, 0.717) is 12.0 Å². The van der Waals surface area contributed by atoms with Crippen LogP contribution in [0, 0.1) is 22.7 Å². The maximum atomic E-state index is 14.6. The molecule has 46 heavy (non-hydrogen) atoms. The SMILES string of the molecule is CCc1cccc(CCCc2cc(C(C)C)c3c(c2O)C(O)=C2C(=O)[C@@]4(O)C(O)=C(C(C)=O)C(=O)C(C(C)C)[C@@]4(C)C[C@@]2(C)C3)c1. The lowest BCUT2D eigenvalue weighted by atomic mass is 9.43. The Morgan fingerprint density at radius 3 is 2.24 bits per heavy atom.